The van der Waals surface area contributed by atoms with Crippen LogP contribution in [0.5, 0.6) is 5.75 Å². The standard InChI is InChI=1S/C24H32N2O4/c1-4-6-8-20-19(7-5-2)13-14-21(24(28)25-15-22(27)26-29)23(20)30-16-18-11-9-17(3)10-12-18/h7-9,11,13-14,24-25,28H,4-6,10,12,15-16H2,1-3H3/b19-7-,20-8+. The molecule has 1 amide bonds. The summed E-state index contributed by atoms with van der Waals surface area (Å²) in [6.07, 6.45) is 12.0. The van der Waals surface area contributed by atoms with Gasteiger partial charge in [-0.2, -0.15) is 0 Å². The monoisotopic (exact) mass is 412 g/mol. The predicted molar refractivity (Wildman–Crippen MR) is 120 cm³/mol. The van der Waals surface area contributed by atoms with Gasteiger partial charge >= 0.3 is 0 Å². The summed E-state index contributed by atoms with van der Waals surface area (Å²) in [6.45, 7) is 6.40. The highest BCUT2D eigenvalue weighted by Gasteiger charge is 2.17. The van der Waals surface area contributed by atoms with Gasteiger partial charge in [-0.3, -0.25) is 10.1 Å². The molecule has 2 rings (SSSR count). The van der Waals surface area contributed by atoms with Crippen LogP contribution in [-0.2, 0) is 4.79 Å². The van der Waals surface area contributed by atoms with Crippen LogP contribution in [0, 0.1) is 4.91 Å². The largest absolute Gasteiger partial charge is 0.488 e. The van der Waals surface area contributed by atoms with Crippen molar-refractivity contribution in [2.45, 2.75) is 59.1 Å². The van der Waals surface area contributed by atoms with E-state index in [2.05, 4.69) is 55.6 Å². The zero-order chi connectivity index (χ0) is 21.9. The average molecular weight is 413 g/mol. The fourth-order valence-electron chi connectivity index (χ4n) is 3.30. The van der Waals surface area contributed by atoms with E-state index in [-0.39, 0.29) is 6.54 Å². The smallest absolute Gasteiger partial charge is 0.300 e. The number of aliphatic hydroxyl groups is 1. The van der Waals surface area contributed by atoms with Crippen molar-refractivity contribution in [2.24, 2.45) is 5.18 Å². The Morgan fingerprint density at radius 1 is 1.27 bits per heavy atom. The molecule has 1 aromatic carbocycles. The lowest BCUT2D eigenvalue weighted by Gasteiger charge is -2.19. The second kappa shape index (κ2) is 12.2. The normalized spacial score (nSPS) is 16.1. The zero-order valence-corrected chi connectivity index (χ0v) is 18.1. The maximum atomic E-state index is 11.2. The van der Waals surface area contributed by atoms with Crippen LogP contribution in [0.1, 0.15) is 64.7 Å². The fourth-order valence-corrected chi connectivity index (χ4v) is 3.30. The van der Waals surface area contributed by atoms with Gasteiger partial charge in [0.2, 0.25) is 0 Å². The Hall–Kier alpha value is -2.57. The average Bonchev–Trinajstić information content (AvgIpc) is 2.76. The molecule has 0 heterocycles. The van der Waals surface area contributed by atoms with Crippen LogP contribution in [0.25, 0.3) is 12.2 Å². The Labute approximate surface area is 178 Å². The summed E-state index contributed by atoms with van der Waals surface area (Å²) < 4.78 is 6.26. The molecule has 30 heavy (non-hydrogen) atoms. The molecule has 1 unspecified atom stereocenters. The van der Waals surface area contributed by atoms with E-state index >= 15 is 0 Å². The van der Waals surface area contributed by atoms with E-state index in [0.29, 0.717) is 17.9 Å². The zero-order valence-electron chi connectivity index (χ0n) is 18.1. The first-order valence-corrected chi connectivity index (χ1v) is 10.6. The van der Waals surface area contributed by atoms with Gasteiger partial charge in [0.15, 0.2) is 0 Å². The molecule has 0 radical (unpaired) electrons. The number of hydrogen-bond donors (Lipinski definition) is 2. The minimum Gasteiger partial charge on any atom is -0.488 e. The van der Waals surface area contributed by atoms with Crippen LogP contribution in [0.3, 0.4) is 0 Å². The number of nitrogens with zero attached hydrogens (tertiary/aromatic N) is 1. The molecule has 1 aliphatic carbocycles. The minimum absolute atomic E-state index is 0.337. The lowest BCUT2D eigenvalue weighted by molar-refractivity contribution is -0.117. The summed E-state index contributed by atoms with van der Waals surface area (Å²) >= 11 is 0. The Bertz CT molecular complexity index is 931. The van der Waals surface area contributed by atoms with Gasteiger partial charge in [-0.25, -0.2) is 0 Å². The molecule has 0 bridgehead atoms. The van der Waals surface area contributed by atoms with Crippen molar-refractivity contribution in [1.82, 2.24) is 5.32 Å². The lowest BCUT2D eigenvalue weighted by Crippen LogP contribution is -2.32. The van der Waals surface area contributed by atoms with Gasteiger partial charge in [0.1, 0.15) is 18.6 Å². The number of ether oxygens (including phenoxy) is 1. The van der Waals surface area contributed by atoms with Crippen molar-refractivity contribution in [3.8, 4) is 5.75 Å². The number of unbranched alkanes of at least 4 members (excludes halogenated alkanes) is 1. The molecule has 0 saturated carbocycles. The number of amides is 1. The van der Waals surface area contributed by atoms with Crippen molar-refractivity contribution in [2.75, 3.05) is 13.2 Å². The molecule has 0 aromatic heterocycles. The molecule has 162 valence electrons. The Morgan fingerprint density at radius 2 is 2.07 bits per heavy atom. The van der Waals surface area contributed by atoms with Crippen molar-refractivity contribution in [1.29, 1.82) is 0 Å². The summed E-state index contributed by atoms with van der Waals surface area (Å²) in [5, 5.41) is 17.7. The third kappa shape index (κ3) is 6.75. The van der Waals surface area contributed by atoms with E-state index in [1.54, 1.807) is 6.07 Å². The van der Waals surface area contributed by atoms with Crippen LogP contribution < -0.4 is 20.5 Å². The van der Waals surface area contributed by atoms with Crippen molar-refractivity contribution >= 4 is 18.1 Å². The van der Waals surface area contributed by atoms with Gasteiger partial charge in [-0.1, -0.05) is 62.3 Å². The summed E-state index contributed by atoms with van der Waals surface area (Å²) in [5.41, 5.74) is 3.08. The third-order valence-corrected chi connectivity index (χ3v) is 5.01. The van der Waals surface area contributed by atoms with Crippen LogP contribution in [0.2, 0.25) is 0 Å². The molecule has 1 aromatic rings. The SMILES string of the molecule is CC/C=c1/ccc(C(O)NCC(=O)N=O)c(OCC2=CC=C(C)CC2)/c1=C/CCC. The van der Waals surface area contributed by atoms with Gasteiger partial charge in [-0.05, 0) is 43.4 Å². The Morgan fingerprint density at radius 3 is 2.70 bits per heavy atom. The molecule has 6 heteroatoms. The van der Waals surface area contributed by atoms with Crippen molar-refractivity contribution < 1.29 is 14.6 Å². The summed E-state index contributed by atoms with van der Waals surface area (Å²) in [7, 11) is 0. The highest BCUT2D eigenvalue weighted by molar-refractivity contribution is 5.78. The number of hydrogen-bond acceptors (Lipinski definition) is 5. The van der Waals surface area contributed by atoms with E-state index in [0.717, 1.165) is 42.5 Å². The van der Waals surface area contributed by atoms with E-state index in [1.165, 1.54) is 11.1 Å². The molecule has 0 aliphatic heterocycles. The molecular weight excluding hydrogens is 380 g/mol. The van der Waals surface area contributed by atoms with E-state index < -0.39 is 12.1 Å². The van der Waals surface area contributed by atoms with E-state index in [9.17, 15) is 14.8 Å². The molecule has 2 N–H and O–H groups in total. The maximum absolute atomic E-state index is 11.2. The van der Waals surface area contributed by atoms with Crippen LogP contribution in [-0.4, -0.2) is 24.2 Å². The molecule has 1 atom stereocenters. The summed E-state index contributed by atoms with van der Waals surface area (Å²) in [5.74, 6) is -0.260. The number of rotatable bonds is 10. The molecule has 0 spiro atoms. The fraction of sp³-hybridized carbons (Fsp3) is 0.458. The number of aliphatic hydroxyl groups excluding tert-OH is 1. The number of carbonyl (C=O) groups is 1. The number of carbonyl (C=O) groups excluding carboxylic acids is 1. The first-order valence-electron chi connectivity index (χ1n) is 10.6. The number of nitrogens with one attached hydrogen (secondary N) is 1. The summed E-state index contributed by atoms with van der Waals surface area (Å²) in [6, 6.07) is 3.75. The number of benzene rings is 1. The number of nitroso groups, excluding NO2 is 1. The lowest BCUT2D eigenvalue weighted by atomic mass is 10.00. The predicted octanol–water partition coefficient (Wildman–Crippen LogP) is 3.38. The van der Waals surface area contributed by atoms with Gasteiger partial charge in [-0.15, -0.1) is 4.91 Å². The Kier molecular flexibility index (Phi) is 9.64. The maximum Gasteiger partial charge on any atom is 0.300 e. The second-order valence-electron chi connectivity index (χ2n) is 7.49. The Balaban J connectivity index is 2.45. The quantitative estimate of drug-likeness (QED) is 0.454. The highest BCUT2D eigenvalue weighted by Crippen LogP contribution is 2.22. The van der Waals surface area contributed by atoms with E-state index in [1.807, 2.05) is 6.07 Å². The number of allylic oxidation sites excluding steroid dienone is 3. The van der Waals surface area contributed by atoms with E-state index in [4.69, 9.17) is 4.74 Å². The molecule has 0 fully saturated rings. The molecule has 0 saturated heterocycles. The first-order chi connectivity index (χ1) is 14.5. The van der Waals surface area contributed by atoms with Crippen molar-refractivity contribution in [3.05, 3.63) is 56.3 Å². The van der Waals surface area contributed by atoms with Gasteiger partial charge in [0.05, 0.1) is 6.54 Å². The third-order valence-electron chi connectivity index (χ3n) is 5.01. The molecular formula is C24H32N2O4. The topological polar surface area (TPSA) is 88.0 Å². The van der Waals surface area contributed by atoms with Gasteiger partial charge < -0.3 is 9.84 Å². The molecule has 1 aliphatic rings. The second-order valence-corrected chi connectivity index (χ2v) is 7.49. The van der Waals surface area contributed by atoms with Gasteiger partial charge in [0, 0.05) is 16.0 Å². The van der Waals surface area contributed by atoms with Crippen LogP contribution in [0.4, 0.5) is 0 Å². The van der Waals surface area contributed by atoms with Crippen LogP contribution in [0.15, 0.2) is 40.6 Å². The highest BCUT2D eigenvalue weighted by atomic mass is 16.5. The first kappa shape index (κ1) is 23.7. The minimum atomic E-state index is -1.15. The van der Waals surface area contributed by atoms with Gasteiger partial charge in [0.25, 0.3) is 5.91 Å². The molecule has 6 nitrogen and oxygen atoms in total. The van der Waals surface area contributed by atoms with Crippen molar-refractivity contribution in [3.63, 3.8) is 0 Å². The summed E-state index contributed by atoms with van der Waals surface area (Å²) in [4.78, 5) is 21.6. The van der Waals surface area contributed by atoms with Crippen LogP contribution >= 0.6 is 0 Å².